The van der Waals surface area contributed by atoms with Crippen LogP contribution in [0.4, 0.5) is 4.53 Å². The van der Waals surface area contributed by atoms with Gasteiger partial charge in [-0.3, -0.25) is 0 Å². The van der Waals surface area contributed by atoms with E-state index in [-0.39, 0.29) is 5.75 Å². The van der Waals surface area contributed by atoms with E-state index in [9.17, 15) is 12.9 Å². The first-order valence-corrected chi connectivity index (χ1v) is 8.73. The van der Waals surface area contributed by atoms with E-state index in [1.165, 1.54) is 44.9 Å². The Morgan fingerprint density at radius 2 is 1.17 bits per heavy atom. The molecular weight excluding hydrogens is 255 g/mol. The molecule has 3 nitrogen and oxygen atoms in total. The molecule has 5 heteroatoms. The van der Waals surface area contributed by atoms with Gasteiger partial charge in [0, 0.05) is 0 Å². The molecule has 0 radical (unpaired) electrons. The van der Waals surface area contributed by atoms with Crippen LogP contribution < -0.4 is 0 Å². The van der Waals surface area contributed by atoms with Crippen molar-refractivity contribution in [2.24, 2.45) is 0 Å². The van der Waals surface area contributed by atoms with Gasteiger partial charge in [0.05, 0.1) is 5.75 Å². The molecule has 0 atom stereocenters. The molecule has 0 aliphatic carbocycles. The Bertz CT molecular complexity index is 265. The van der Waals surface area contributed by atoms with Crippen LogP contribution >= 0.6 is 0 Å². The highest BCUT2D eigenvalue weighted by Crippen LogP contribution is 2.11. The summed E-state index contributed by atoms with van der Waals surface area (Å²) in [4.78, 5) is 0. The Labute approximate surface area is 111 Å². The molecule has 18 heavy (non-hydrogen) atoms. The molecule has 0 aromatic rings. The van der Waals surface area contributed by atoms with Crippen molar-refractivity contribution >= 4 is 10.1 Å². The zero-order valence-electron chi connectivity index (χ0n) is 11.5. The molecule has 110 valence electrons. The Morgan fingerprint density at radius 1 is 0.778 bits per heavy atom. The van der Waals surface area contributed by atoms with Crippen molar-refractivity contribution in [3.63, 3.8) is 0 Å². The fourth-order valence-corrected chi connectivity index (χ4v) is 2.60. The van der Waals surface area contributed by atoms with Gasteiger partial charge in [-0.15, -0.1) is 0 Å². The minimum atomic E-state index is -3.90. The van der Waals surface area contributed by atoms with E-state index < -0.39 is 10.1 Å². The predicted molar refractivity (Wildman–Crippen MR) is 72.4 cm³/mol. The lowest BCUT2D eigenvalue weighted by molar-refractivity contribution is 0.00288. The van der Waals surface area contributed by atoms with Gasteiger partial charge in [-0.25, -0.2) is 0 Å². The van der Waals surface area contributed by atoms with Crippen LogP contribution in [-0.4, -0.2) is 14.2 Å². The third-order valence-electron chi connectivity index (χ3n) is 3.09. The van der Waals surface area contributed by atoms with Gasteiger partial charge < -0.3 is 0 Å². The first kappa shape index (κ1) is 17.8. The molecule has 0 saturated heterocycles. The quantitative estimate of drug-likeness (QED) is 0.466. The van der Waals surface area contributed by atoms with E-state index in [0.717, 1.165) is 19.3 Å². The highest BCUT2D eigenvalue weighted by atomic mass is 32.2. The van der Waals surface area contributed by atoms with Crippen LogP contribution in [-0.2, 0) is 14.5 Å². The van der Waals surface area contributed by atoms with Gasteiger partial charge in [0.25, 0.3) is 10.1 Å². The van der Waals surface area contributed by atoms with Gasteiger partial charge in [-0.1, -0.05) is 75.5 Å². The molecule has 0 aliphatic rings. The zero-order valence-corrected chi connectivity index (χ0v) is 12.3. The third-order valence-corrected chi connectivity index (χ3v) is 4.07. The fourth-order valence-electron chi connectivity index (χ4n) is 1.97. The highest BCUT2D eigenvalue weighted by Gasteiger charge is 2.10. The second-order valence-electron chi connectivity index (χ2n) is 4.86. The average Bonchev–Trinajstić information content (AvgIpc) is 2.36. The molecule has 0 fully saturated rings. The lowest BCUT2D eigenvalue weighted by atomic mass is 10.1. The van der Waals surface area contributed by atoms with Crippen LogP contribution in [0, 0.1) is 0 Å². The summed E-state index contributed by atoms with van der Waals surface area (Å²) in [6.45, 7) is 2.22. The third kappa shape index (κ3) is 12.3. The van der Waals surface area contributed by atoms with Crippen molar-refractivity contribution in [1.82, 2.24) is 0 Å². The molecule has 0 N–H and O–H groups in total. The first-order valence-electron chi connectivity index (χ1n) is 7.15. The van der Waals surface area contributed by atoms with Gasteiger partial charge in [0.1, 0.15) is 0 Å². The first-order chi connectivity index (χ1) is 8.62. The predicted octanol–water partition coefficient (Wildman–Crippen LogP) is 4.53. The van der Waals surface area contributed by atoms with Crippen LogP contribution in [0.3, 0.4) is 0 Å². The van der Waals surface area contributed by atoms with Crippen molar-refractivity contribution in [1.29, 1.82) is 0 Å². The highest BCUT2D eigenvalue weighted by molar-refractivity contribution is 7.86. The maximum atomic E-state index is 11.5. The van der Waals surface area contributed by atoms with E-state index in [2.05, 4.69) is 11.3 Å². The lowest BCUT2D eigenvalue weighted by Gasteiger charge is -2.02. The molecule has 0 aliphatic heterocycles. The Hall–Kier alpha value is -0.160. The molecule has 0 rings (SSSR count). The number of hydrogen-bond acceptors (Lipinski definition) is 3. The van der Waals surface area contributed by atoms with Crippen molar-refractivity contribution < 1.29 is 17.3 Å². The zero-order chi connectivity index (χ0) is 13.7. The number of halogens is 1. The van der Waals surface area contributed by atoms with Gasteiger partial charge in [-0.2, -0.15) is 8.42 Å². The average molecular weight is 282 g/mol. The molecule has 0 unspecified atom stereocenters. The summed E-state index contributed by atoms with van der Waals surface area (Å²) < 4.78 is 35.7. The topological polar surface area (TPSA) is 43.4 Å². The van der Waals surface area contributed by atoms with Crippen LogP contribution in [0.5, 0.6) is 0 Å². The molecule has 0 bridgehead atoms. The van der Waals surface area contributed by atoms with Gasteiger partial charge in [-0.05, 0) is 10.9 Å². The van der Waals surface area contributed by atoms with E-state index in [1.54, 1.807) is 0 Å². The smallest absolute Gasteiger partial charge is 0.197 e. The van der Waals surface area contributed by atoms with Crippen LogP contribution in [0.25, 0.3) is 0 Å². The SMILES string of the molecule is CCCCCCCCCCCCCS(=O)(=O)OF. The summed E-state index contributed by atoms with van der Waals surface area (Å²) in [5.41, 5.74) is 0. The van der Waals surface area contributed by atoms with E-state index in [4.69, 9.17) is 0 Å². The molecule has 0 amide bonds. The maximum absolute atomic E-state index is 11.5. The second kappa shape index (κ2) is 11.9. The van der Waals surface area contributed by atoms with E-state index >= 15 is 0 Å². The number of unbranched alkanes of at least 4 members (excludes halogenated alkanes) is 10. The van der Waals surface area contributed by atoms with Crippen molar-refractivity contribution in [3.8, 4) is 0 Å². The summed E-state index contributed by atoms with van der Waals surface area (Å²) in [6.07, 6.45) is 12.6. The molecule has 0 spiro atoms. The van der Waals surface area contributed by atoms with Crippen LogP contribution in [0.1, 0.15) is 77.6 Å². The van der Waals surface area contributed by atoms with Gasteiger partial charge in [0.2, 0.25) is 0 Å². The van der Waals surface area contributed by atoms with Crippen molar-refractivity contribution in [2.75, 3.05) is 5.75 Å². The molecule has 0 aromatic heterocycles. The van der Waals surface area contributed by atoms with E-state index in [0.29, 0.717) is 6.42 Å². The summed E-state index contributed by atoms with van der Waals surface area (Å²) in [5.74, 6) is -0.208. The Balaban J connectivity index is 3.12. The van der Waals surface area contributed by atoms with Gasteiger partial charge in [0.15, 0.2) is 0 Å². The summed E-state index contributed by atoms with van der Waals surface area (Å²) in [7, 11) is -3.90. The van der Waals surface area contributed by atoms with Crippen molar-refractivity contribution in [2.45, 2.75) is 77.6 Å². The lowest BCUT2D eigenvalue weighted by Crippen LogP contribution is -2.05. The summed E-state index contributed by atoms with van der Waals surface area (Å²) in [6, 6.07) is 0. The van der Waals surface area contributed by atoms with Gasteiger partial charge >= 0.3 is 0 Å². The summed E-state index contributed by atoms with van der Waals surface area (Å²) >= 11 is 0. The van der Waals surface area contributed by atoms with Crippen LogP contribution in [0.15, 0.2) is 0 Å². The van der Waals surface area contributed by atoms with E-state index in [1.807, 2.05) is 0 Å². The normalized spacial score (nSPS) is 11.9. The molecular formula is C13H27FO3S. The number of hydrogen-bond donors (Lipinski definition) is 0. The Morgan fingerprint density at radius 3 is 1.56 bits per heavy atom. The second-order valence-corrected chi connectivity index (χ2v) is 6.51. The molecule has 0 aromatic carbocycles. The largest absolute Gasteiger partial charge is 0.297 e. The van der Waals surface area contributed by atoms with Crippen molar-refractivity contribution in [3.05, 3.63) is 0 Å². The van der Waals surface area contributed by atoms with Crippen LogP contribution in [0.2, 0.25) is 0 Å². The maximum Gasteiger partial charge on any atom is 0.297 e. The number of rotatable bonds is 13. The minimum Gasteiger partial charge on any atom is -0.197 e. The standard InChI is InChI=1S/C13H27FO3S/c1-2-3-4-5-6-7-8-9-10-11-12-13-18(15,16)17-14/h2-13H2,1H3. The molecule has 0 heterocycles. The monoisotopic (exact) mass is 282 g/mol. The Kier molecular flexibility index (Phi) is 11.8. The minimum absolute atomic E-state index is 0.208. The molecule has 0 saturated carbocycles. The summed E-state index contributed by atoms with van der Waals surface area (Å²) in [5, 5.41) is 0. The fraction of sp³-hybridized carbons (Fsp3) is 1.00.